The minimum absolute atomic E-state index is 0.00466. The zero-order valence-electron chi connectivity index (χ0n) is 38.8. The summed E-state index contributed by atoms with van der Waals surface area (Å²) in [6.07, 6.45) is 56.1. The number of allylic oxidation sites excluding steroid dienone is 3. The van der Waals surface area contributed by atoms with Crippen LogP contribution in [0.4, 0.5) is 0 Å². The molecule has 1 amide bonds. The van der Waals surface area contributed by atoms with Crippen LogP contribution in [0.3, 0.4) is 0 Å². The van der Waals surface area contributed by atoms with E-state index in [1.54, 1.807) is 6.08 Å². The van der Waals surface area contributed by atoms with E-state index in [9.17, 15) is 19.8 Å². The summed E-state index contributed by atoms with van der Waals surface area (Å²) in [7, 11) is 0. The number of esters is 1. The van der Waals surface area contributed by atoms with Gasteiger partial charge >= 0.3 is 5.97 Å². The van der Waals surface area contributed by atoms with Crippen molar-refractivity contribution in [2.24, 2.45) is 0 Å². The maximum Gasteiger partial charge on any atom is 0.305 e. The predicted molar refractivity (Wildman–Crippen MR) is 250 cm³/mol. The molecule has 0 aromatic rings. The lowest BCUT2D eigenvalue weighted by molar-refractivity contribution is -0.143. The Hall–Kier alpha value is -1.66. The van der Waals surface area contributed by atoms with Crippen LogP contribution in [0.2, 0.25) is 0 Å². The molecule has 2 unspecified atom stereocenters. The van der Waals surface area contributed by atoms with Gasteiger partial charge in [-0.3, -0.25) is 9.59 Å². The van der Waals surface area contributed by atoms with E-state index in [1.165, 1.54) is 199 Å². The molecule has 0 aliphatic carbocycles. The first kappa shape index (κ1) is 56.3. The number of amides is 1. The zero-order valence-corrected chi connectivity index (χ0v) is 38.8. The first-order valence-electron chi connectivity index (χ1n) is 25.6. The third-order valence-corrected chi connectivity index (χ3v) is 11.7. The average Bonchev–Trinajstić information content (AvgIpc) is 3.22. The van der Waals surface area contributed by atoms with Crippen molar-refractivity contribution in [2.75, 3.05) is 13.2 Å². The van der Waals surface area contributed by atoms with Crippen molar-refractivity contribution in [3.63, 3.8) is 0 Å². The summed E-state index contributed by atoms with van der Waals surface area (Å²) in [6.45, 7) is 4.86. The van der Waals surface area contributed by atoms with Crippen LogP contribution in [0.1, 0.15) is 271 Å². The molecule has 0 aliphatic heterocycles. The fourth-order valence-electron chi connectivity index (χ4n) is 7.74. The molecule has 0 aromatic carbocycles. The van der Waals surface area contributed by atoms with Crippen LogP contribution in [0, 0.1) is 0 Å². The maximum atomic E-state index is 12.4. The highest BCUT2D eigenvalue weighted by Crippen LogP contribution is 2.16. The van der Waals surface area contributed by atoms with Crippen LogP contribution in [0.15, 0.2) is 24.3 Å². The largest absolute Gasteiger partial charge is 0.466 e. The lowest BCUT2D eigenvalue weighted by atomic mass is 10.0. The molecule has 0 bridgehead atoms. The Kier molecular flexibility index (Phi) is 46.6. The summed E-state index contributed by atoms with van der Waals surface area (Å²) in [6, 6.07) is -0.630. The van der Waals surface area contributed by atoms with Crippen LogP contribution >= 0.6 is 0 Å². The third-order valence-electron chi connectivity index (χ3n) is 11.7. The molecule has 0 fully saturated rings. The molecule has 2 atom stereocenters. The SMILES string of the molecule is CCCCCCC/C=C\CCCCCCCC(=O)OCCCCCCCCCCCCCCCCCCCC(=O)NC(CO)C(O)/C=C/CCCCCCCCCC. The van der Waals surface area contributed by atoms with Gasteiger partial charge in [-0.1, -0.05) is 224 Å². The van der Waals surface area contributed by atoms with Gasteiger partial charge in [0, 0.05) is 12.8 Å². The summed E-state index contributed by atoms with van der Waals surface area (Å²) < 4.78 is 5.46. The molecule has 0 saturated carbocycles. The van der Waals surface area contributed by atoms with Crippen molar-refractivity contribution < 1.29 is 24.5 Å². The Morgan fingerprint density at radius 3 is 1.22 bits per heavy atom. The first-order chi connectivity index (χ1) is 28.5. The highest BCUT2D eigenvalue weighted by Gasteiger charge is 2.18. The van der Waals surface area contributed by atoms with E-state index in [1.807, 2.05) is 6.08 Å². The van der Waals surface area contributed by atoms with E-state index in [-0.39, 0.29) is 18.5 Å². The van der Waals surface area contributed by atoms with Crippen molar-refractivity contribution in [1.29, 1.82) is 0 Å². The summed E-state index contributed by atoms with van der Waals surface area (Å²) in [5.41, 5.74) is 0. The summed E-state index contributed by atoms with van der Waals surface area (Å²) in [4.78, 5) is 24.4. The number of aliphatic hydroxyl groups is 2. The highest BCUT2D eigenvalue weighted by atomic mass is 16.5. The van der Waals surface area contributed by atoms with E-state index in [0.29, 0.717) is 19.4 Å². The zero-order chi connectivity index (χ0) is 42.3. The van der Waals surface area contributed by atoms with Crippen LogP contribution < -0.4 is 5.32 Å². The summed E-state index contributed by atoms with van der Waals surface area (Å²) in [5, 5.41) is 22.9. The molecule has 0 radical (unpaired) electrons. The molecule has 6 heteroatoms. The molecule has 3 N–H and O–H groups in total. The Morgan fingerprint density at radius 2 is 0.810 bits per heavy atom. The molecule has 342 valence electrons. The number of hydrogen-bond donors (Lipinski definition) is 3. The average molecular weight is 818 g/mol. The Balaban J connectivity index is 3.42. The minimum atomic E-state index is -0.845. The third kappa shape index (κ3) is 43.9. The van der Waals surface area contributed by atoms with Gasteiger partial charge in [0.1, 0.15) is 0 Å². The molecular formula is C52H99NO5. The van der Waals surface area contributed by atoms with Crippen molar-refractivity contribution in [3.05, 3.63) is 24.3 Å². The predicted octanol–water partition coefficient (Wildman–Crippen LogP) is 15.1. The van der Waals surface area contributed by atoms with Crippen LogP contribution in [0.25, 0.3) is 0 Å². The van der Waals surface area contributed by atoms with E-state index >= 15 is 0 Å². The van der Waals surface area contributed by atoms with E-state index in [0.717, 1.165) is 44.9 Å². The van der Waals surface area contributed by atoms with Crippen molar-refractivity contribution in [2.45, 2.75) is 283 Å². The minimum Gasteiger partial charge on any atom is -0.466 e. The van der Waals surface area contributed by atoms with Crippen LogP contribution in [0.5, 0.6) is 0 Å². The number of ether oxygens (including phenoxy) is 1. The van der Waals surface area contributed by atoms with Gasteiger partial charge in [0.05, 0.1) is 25.4 Å². The highest BCUT2D eigenvalue weighted by molar-refractivity contribution is 5.76. The monoisotopic (exact) mass is 818 g/mol. The summed E-state index contributed by atoms with van der Waals surface area (Å²) in [5.74, 6) is -0.0803. The molecule has 0 rings (SSSR count). The second kappa shape index (κ2) is 48.0. The van der Waals surface area contributed by atoms with Gasteiger partial charge in [-0.2, -0.15) is 0 Å². The number of unbranched alkanes of at least 4 members (excludes halogenated alkanes) is 34. The molecule has 0 heterocycles. The fourth-order valence-corrected chi connectivity index (χ4v) is 7.74. The van der Waals surface area contributed by atoms with Crippen molar-refractivity contribution >= 4 is 11.9 Å². The molecular weight excluding hydrogens is 719 g/mol. The van der Waals surface area contributed by atoms with Crippen molar-refractivity contribution in [3.8, 4) is 0 Å². The number of carbonyl (C=O) groups is 2. The maximum absolute atomic E-state index is 12.4. The fraction of sp³-hybridized carbons (Fsp3) is 0.885. The topological polar surface area (TPSA) is 95.9 Å². The van der Waals surface area contributed by atoms with Gasteiger partial charge in [-0.15, -0.1) is 0 Å². The van der Waals surface area contributed by atoms with Gasteiger partial charge in [-0.25, -0.2) is 0 Å². The van der Waals surface area contributed by atoms with Gasteiger partial charge in [0.25, 0.3) is 0 Å². The standard InChI is InChI=1S/C52H99NO5/c1-3-5-7-9-11-13-15-16-23-26-30-34-38-42-46-52(57)58-47-43-39-35-31-27-24-21-19-17-18-20-22-25-29-33-37-41-45-51(56)53-49(48-54)50(55)44-40-36-32-28-14-12-10-8-6-4-2/h15-16,40,44,49-50,54-55H,3-14,17-39,41-43,45-48H2,1-2H3,(H,53,56)/b16-15-,44-40+. The molecule has 0 saturated heterocycles. The van der Waals surface area contributed by atoms with Gasteiger partial charge < -0.3 is 20.3 Å². The number of nitrogens with one attached hydrogen (secondary N) is 1. The van der Waals surface area contributed by atoms with Gasteiger partial charge in [0.15, 0.2) is 0 Å². The Labute approximate surface area is 361 Å². The van der Waals surface area contributed by atoms with Gasteiger partial charge in [-0.05, 0) is 57.8 Å². The molecule has 58 heavy (non-hydrogen) atoms. The molecule has 0 aliphatic rings. The number of rotatable bonds is 47. The van der Waals surface area contributed by atoms with Crippen LogP contribution in [-0.4, -0.2) is 47.4 Å². The Bertz CT molecular complexity index is 904. The van der Waals surface area contributed by atoms with Crippen LogP contribution in [-0.2, 0) is 14.3 Å². The van der Waals surface area contributed by atoms with Gasteiger partial charge in [0.2, 0.25) is 5.91 Å². The van der Waals surface area contributed by atoms with E-state index in [4.69, 9.17) is 4.74 Å². The molecule has 6 nitrogen and oxygen atoms in total. The quantitative estimate of drug-likeness (QED) is 0.0323. The number of hydrogen-bond acceptors (Lipinski definition) is 5. The van der Waals surface area contributed by atoms with E-state index in [2.05, 4.69) is 31.3 Å². The molecule has 0 aromatic heterocycles. The number of carbonyl (C=O) groups excluding carboxylic acids is 2. The Morgan fingerprint density at radius 1 is 0.466 bits per heavy atom. The normalized spacial score (nSPS) is 12.8. The smallest absolute Gasteiger partial charge is 0.305 e. The second-order valence-corrected chi connectivity index (χ2v) is 17.5. The second-order valence-electron chi connectivity index (χ2n) is 17.5. The lowest BCUT2D eigenvalue weighted by Gasteiger charge is -2.20. The number of aliphatic hydroxyl groups excluding tert-OH is 2. The molecule has 0 spiro atoms. The lowest BCUT2D eigenvalue weighted by Crippen LogP contribution is -2.45. The van der Waals surface area contributed by atoms with E-state index < -0.39 is 12.1 Å². The summed E-state index contributed by atoms with van der Waals surface area (Å²) >= 11 is 0. The first-order valence-corrected chi connectivity index (χ1v) is 25.6. The van der Waals surface area contributed by atoms with Crippen molar-refractivity contribution in [1.82, 2.24) is 5.32 Å².